The molecule has 0 spiro atoms. The molecule has 0 fully saturated rings. The molecule has 0 aromatic heterocycles. The van der Waals surface area contributed by atoms with Gasteiger partial charge in [-0.1, -0.05) is 24.3 Å². The van der Waals surface area contributed by atoms with Crippen molar-refractivity contribution < 1.29 is 13.9 Å². The summed E-state index contributed by atoms with van der Waals surface area (Å²) in [4.78, 5) is 0. The maximum absolute atomic E-state index is 13.7. The number of nitrogens with one attached hydrogen (secondary N) is 1. The molecular formula is C17H20FNO2. The summed E-state index contributed by atoms with van der Waals surface area (Å²) in [5, 5.41) is 3.12. The monoisotopic (exact) mass is 289 g/mol. The molecular weight excluding hydrogens is 269 g/mol. The van der Waals surface area contributed by atoms with Gasteiger partial charge in [0, 0.05) is 12.1 Å². The lowest BCUT2D eigenvalue weighted by atomic mass is 10.1. The minimum Gasteiger partial charge on any atom is -0.494 e. The van der Waals surface area contributed by atoms with Crippen LogP contribution in [0.25, 0.3) is 0 Å². The van der Waals surface area contributed by atoms with Crippen LogP contribution in [0.3, 0.4) is 0 Å². The Morgan fingerprint density at radius 3 is 2.67 bits per heavy atom. The van der Waals surface area contributed by atoms with E-state index in [-0.39, 0.29) is 11.6 Å². The number of ether oxygens (including phenoxy) is 2. The number of halogens is 1. The fourth-order valence-corrected chi connectivity index (χ4v) is 2.20. The van der Waals surface area contributed by atoms with E-state index >= 15 is 0 Å². The summed E-state index contributed by atoms with van der Waals surface area (Å²) in [5.74, 6) is 0.715. The SMILES string of the molecule is CNCc1cccc(C)c1OCc1ccc(OC)c(F)c1. The first-order valence-electron chi connectivity index (χ1n) is 6.84. The van der Waals surface area contributed by atoms with Crippen molar-refractivity contribution in [3.63, 3.8) is 0 Å². The molecule has 3 nitrogen and oxygen atoms in total. The van der Waals surface area contributed by atoms with Crippen LogP contribution in [-0.4, -0.2) is 14.2 Å². The number of rotatable bonds is 6. The molecule has 0 saturated carbocycles. The average Bonchev–Trinajstić information content (AvgIpc) is 2.47. The second-order valence-electron chi connectivity index (χ2n) is 4.85. The van der Waals surface area contributed by atoms with Crippen LogP contribution in [0.15, 0.2) is 36.4 Å². The minimum absolute atomic E-state index is 0.241. The normalized spacial score (nSPS) is 10.5. The van der Waals surface area contributed by atoms with Crippen LogP contribution in [-0.2, 0) is 13.2 Å². The first-order chi connectivity index (χ1) is 10.2. The summed E-state index contributed by atoms with van der Waals surface area (Å²) >= 11 is 0. The third-order valence-corrected chi connectivity index (χ3v) is 3.26. The Labute approximate surface area is 124 Å². The molecule has 0 saturated heterocycles. The summed E-state index contributed by atoms with van der Waals surface area (Å²) < 4.78 is 24.5. The van der Waals surface area contributed by atoms with E-state index in [2.05, 4.69) is 5.32 Å². The van der Waals surface area contributed by atoms with Gasteiger partial charge in [-0.05, 0) is 37.2 Å². The molecule has 0 heterocycles. The van der Waals surface area contributed by atoms with Crippen molar-refractivity contribution in [2.45, 2.75) is 20.1 Å². The van der Waals surface area contributed by atoms with Crippen molar-refractivity contribution >= 4 is 0 Å². The van der Waals surface area contributed by atoms with E-state index in [1.807, 2.05) is 32.2 Å². The predicted molar refractivity (Wildman–Crippen MR) is 81.2 cm³/mol. The minimum atomic E-state index is -0.376. The molecule has 1 N–H and O–H groups in total. The van der Waals surface area contributed by atoms with Crippen LogP contribution in [0.1, 0.15) is 16.7 Å². The molecule has 0 bridgehead atoms. The maximum Gasteiger partial charge on any atom is 0.165 e. The molecule has 0 aliphatic rings. The van der Waals surface area contributed by atoms with E-state index in [9.17, 15) is 4.39 Å². The zero-order valence-electron chi connectivity index (χ0n) is 12.6. The molecule has 0 atom stereocenters. The van der Waals surface area contributed by atoms with E-state index in [0.29, 0.717) is 6.61 Å². The van der Waals surface area contributed by atoms with Crippen LogP contribution in [0.2, 0.25) is 0 Å². The fourth-order valence-electron chi connectivity index (χ4n) is 2.20. The highest BCUT2D eigenvalue weighted by Crippen LogP contribution is 2.25. The maximum atomic E-state index is 13.7. The predicted octanol–water partition coefficient (Wildman–Crippen LogP) is 3.44. The van der Waals surface area contributed by atoms with Crippen molar-refractivity contribution in [2.75, 3.05) is 14.2 Å². The van der Waals surface area contributed by atoms with E-state index in [0.717, 1.165) is 29.0 Å². The topological polar surface area (TPSA) is 30.5 Å². The van der Waals surface area contributed by atoms with Crippen LogP contribution < -0.4 is 14.8 Å². The van der Waals surface area contributed by atoms with Crippen molar-refractivity contribution in [2.24, 2.45) is 0 Å². The lowest BCUT2D eigenvalue weighted by molar-refractivity contribution is 0.299. The van der Waals surface area contributed by atoms with Crippen molar-refractivity contribution in [3.05, 3.63) is 58.9 Å². The summed E-state index contributed by atoms with van der Waals surface area (Å²) in [6.45, 7) is 3.06. The molecule has 0 aliphatic heterocycles. The van der Waals surface area contributed by atoms with Gasteiger partial charge in [-0.2, -0.15) is 0 Å². The number of aryl methyl sites for hydroxylation is 1. The Kier molecular flexibility index (Phi) is 5.17. The summed E-state index contributed by atoms with van der Waals surface area (Å²) in [6, 6.07) is 10.9. The van der Waals surface area contributed by atoms with Gasteiger partial charge in [0.05, 0.1) is 7.11 Å². The van der Waals surface area contributed by atoms with Crippen molar-refractivity contribution in [1.29, 1.82) is 0 Å². The van der Waals surface area contributed by atoms with Gasteiger partial charge in [-0.25, -0.2) is 4.39 Å². The van der Waals surface area contributed by atoms with E-state index in [4.69, 9.17) is 9.47 Å². The Balaban J connectivity index is 2.14. The number of methoxy groups -OCH3 is 1. The Morgan fingerprint density at radius 2 is 2.00 bits per heavy atom. The molecule has 4 heteroatoms. The van der Waals surface area contributed by atoms with Crippen LogP contribution in [0.4, 0.5) is 4.39 Å². The summed E-state index contributed by atoms with van der Waals surface area (Å²) in [6.07, 6.45) is 0. The standard InChI is InChI=1S/C17H20FNO2/c1-12-5-4-6-14(10-19-2)17(12)21-11-13-7-8-16(20-3)15(18)9-13/h4-9,19H,10-11H2,1-3H3. The van der Waals surface area contributed by atoms with Crippen LogP contribution >= 0.6 is 0 Å². The summed E-state index contributed by atoms with van der Waals surface area (Å²) in [5.41, 5.74) is 2.93. The first kappa shape index (κ1) is 15.3. The molecule has 0 radical (unpaired) electrons. The number of hydrogen-bond donors (Lipinski definition) is 1. The van der Waals surface area contributed by atoms with Gasteiger partial charge in [0.25, 0.3) is 0 Å². The number of hydrogen-bond acceptors (Lipinski definition) is 3. The third-order valence-electron chi connectivity index (χ3n) is 3.26. The smallest absolute Gasteiger partial charge is 0.165 e. The van der Waals surface area contributed by atoms with Crippen LogP contribution in [0, 0.1) is 12.7 Å². The lowest BCUT2D eigenvalue weighted by Crippen LogP contribution is -2.08. The Bertz CT molecular complexity index is 614. The van der Waals surface area contributed by atoms with Gasteiger partial charge < -0.3 is 14.8 Å². The molecule has 0 amide bonds. The largest absolute Gasteiger partial charge is 0.494 e. The molecule has 2 aromatic rings. The highest BCUT2D eigenvalue weighted by atomic mass is 19.1. The second-order valence-corrected chi connectivity index (χ2v) is 4.85. The highest BCUT2D eigenvalue weighted by molar-refractivity contribution is 5.41. The van der Waals surface area contributed by atoms with Gasteiger partial charge >= 0.3 is 0 Å². The number of para-hydroxylation sites is 1. The Hall–Kier alpha value is -2.07. The zero-order chi connectivity index (χ0) is 15.2. The van der Waals surface area contributed by atoms with Crippen molar-refractivity contribution in [3.8, 4) is 11.5 Å². The van der Waals surface area contributed by atoms with E-state index < -0.39 is 0 Å². The lowest BCUT2D eigenvalue weighted by Gasteiger charge is -2.14. The molecule has 0 aliphatic carbocycles. The van der Waals surface area contributed by atoms with E-state index in [1.165, 1.54) is 13.2 Å². The van der Waals surface area contributed by atoms with Gasteiger partial charge in [-0.15, -0.1) is 0 Å². The average molecular weight is 289 g/mol. The fraction of sp³-hybridized carbons (Fsp3) is 0.294. The second kappa shape index (κ2) is 7.09. The van der Waals surface area contributed by atoms with Gasteiger partial charge in [0.2, 0.25) is 0 Å². The van der Waals surface area contributed by atoms with Crippen molar-refractivity contribution in [1.82, 2.24) is 5.32 Å². The molecule has 2 aromatic carbocycles. The van der Waals surface area contributed by atoms with Gasteiger partial charge in [0.15, 0.2) is 11.6 Å². The summed E-state index contributed by atoms with van der Waals surface area (Å²) in [7, 11) is 3.34. The quantitative estimate of drug-likeness (QED) is 0.883. The number of benzene rings is 2. The molecule has 2 rings (SSSR count). The van der Waals surface area contributed by atoms with Crippen LogP contribution in [0.5, 0.6) is 11.5 Å². The third kappa shape index (κ3) is 3.73. The molecule has 21 heavy (non-hydrogen) atoms. The molecule has 0 unspecified atom stereocenters. The molecule has 112 valence electrons. The van der Waals surface area contributed by atoms with E-state index in [1.54, 1.807) is 12.1 Å². The van der Waals surface area contributed by atoms with Gasteiger partial charge in [0.1, 0.15) is 12.4 Å². The highest BCUT2D eigenvalue weighted by Gasteiger charge is 2.08. The zero-order valence-corrected chi connectivity index (χ0v) is 12.6. The van der Waals surface area contributed by atoms with Gasteiger partial charge in [-0.3, -0.25) is 0 Å². The first-order valence-corrected chi connectivity index (χ1v) is 6.84. The Morgan fingerprint density at radius 1 is 1.19 bits per heavy atom.